The van der Waals surface area contributed by atoms with Crippen molar-refractivity contribution in [3.8, 4) is 11.1 Å². The van der Waals surface area contributed by atoms with E-state index in [0.717, 1.165) is 34.2 Å². The smallest absolute Gasteiger partial charge is 0.253 e. The van der Waals surface area contributed by atoms with Crippen LogP contribution in [0.25, 0.3) is 11.1 Å². The van der Waals surface area contributed by atoms with Crippen LogP contribution in [0.5, 0.6) is 0 Å². The zero-order chi connectivity index (χ0) is 20.3. The molecule has 28 heavy (non-hydrogen) atoms. The van der Waals surface area contributed by atoms with E-state index in [1.807, 2.05) is 57.2 Å². The molecule has 0 fully saturated rings. The quantitative estimate of drug-likeness (QED) is 0.668. The fourth-order valence-electron chi connectivity index (χ4n) is 3.17. The summed E-state index contributed by atoms with van der Waals surface area (Å²) in [4.78, 5) is 38.5. The maximum atomic E-state index is 12.7. The number of H-pyrrole nitrogens is 1. The second-order valence-electron chi connectivity index (χ2n) is 6.90. The van der Waals surface area contributed by atoms with E-state index in [-0.39, 0.29) is 18.0 Å². The van der Waals surface area contributed by atoms with Crippen molar-refractivity contribution in [2.75, 3.05) is 0 Å². The minimum atomic E-state index is -0.233. The van der Waals surface area contributed by atoms with E-state index in [0.29, 0.717) is 16.7 Å². The molecule has 0 atom stereocenters. The number of aldehydes is 1. The van der Waals surface area contributed by atoms with E-state index in [9.17, 15) is 14.4 Å². The first kappa shape index (κ1) is 19.3. The Morgan fingerprint density at radius 1 is 0.964 bits per heavy atom. The molecule has 0 spiro atoms. The van der Waals surface area contributed by atoms with Crippen LogP contribution in [0, 0.1) is 20.8 Å². The molecule has 1 aromatic heterocycles. The number of rotatable bonds is 5. The van der Waals surface area contributed by atoms with Gasteiger partial charge < -0.3 is 10.3 Å². The molecule has 0 saturated heterocycles. The number of hydrogen-bond acceptors (Lipinski definition) is 3. The predicted molar refractivity (Wildman–Crippen MR) is 110 cm³/mol. The van der Waals surface area contributed by atoms with Crippen LogP contribution in [-0.4, -0.2) is 17.2 Å². The first-order valence-electron chi connectivity index (χ1n) is 9.03. The average Bonchev–Trinajstić information content (AvgIpc) is 2.67. The number of aromatic amines is 1. The van der Waals surface area contributed by atoms with E-state index in [1.165, 1.54) is 0 Å². The van der Waals surface area contributed by atoms with Crippen molar-refractivity contribution in [3.05, 3.63) is 92.4 Å². The molecule has 2 aromatic carbocycles. The van der Waals surface area contributed by atoms with Gasteiger partial charge in [-0.2, -0.15) is 0 Å². The van der Waals surface area contributed by atoms with E-state index in [4.69, 9.17) is 0 Å². The van der Waals surface area contributed by atoms with Crippen molar-refractivity contribution in [2.45, 2.75) is 27.3 Å². The molecule has 0 aliphatic carbocycles. The molecule has 0 bridgehead atoms. The van der Waals surface area contributed by atoms with Crippen LogP contribution >= 0.6 is 0 Å². The largest absolute Gasteiger partial charge is 0.348 e. The van der Waals surface area contributed by atoms with Gasteiger partial charge in [0.05, 0.1) is 0 Å². The van der Waals surface area contributed by atoms with Gasteiger partial charge in [-0.1, -0.05) is 36.4 Å². The minimum Gasteiger partial charge on any atom is -0.348 e. The van der Waals surface area contributed by atoms with Crippen molar-refractivity contribution in [3.63, 3.8) is 0 Å². The Morgan fingerprint density at radius 3 is 2.29 bits per heavy atom. The molecule has 5 nitrogen and oxygen atoms in total. The second kappa shape index (κ2) is 8.05. The first-order valence-corrected chi connectivity index (χ1v) is 9.03. The van der Waals surface area contributed by atoms with Crippen LogP contribution < -0.4 is 10.9 Å². The molecular formula is C23H22N2O3. The highest BCUT2D eigenvalue weighted by Gasteiger charge is 2.13. The Kier molecular flexibility index (Phi) is 5.54. The van der Waals surface area contributed by atoms with Crippen LogP contribution in [0.4, 0.5) is 0 Å². The highest BCUT2D eigenvalue weighted by molar-refractivity contribution is 5.97. The number of pyridine rings is 1. The van der Waals surface area contributed by atoms with Crippen LogP contribution in [0.15, 0.2) is 53.3 Å². The molecule has 1 amide bonds. The summed E-state index contributed by atoms with van der Waals surface area (Å²) < 4.78 is 0. The lowest BCUT2D eigenvalue weighted by Crippen LogP contribution is -2.28. The molecule has 0 aliphatic rings. The second-order valence-corrected chi connectivity index (χ2v) is 6.90. The van der Waals surface area contributed by atoms with E-state index >= 15 is 0 Å². The molecular weight excluding hydrogens is 352 g/mol. The Hall–Kier alpha value is -3.47. The summed E-state index contributed by atoms with van der Waals surface area (Å²) >= 11 is 0. The maximum absolute atomic E-state index is 12.7. The Morgan fingerprint density at radius 2 is 1.64 bits per heavy atom. The number of hydrogen-bond donors (Lipinski definition) is 2. The van der Waals surface area contributed by atoms with Gasteiger partial charge in [-0.15, -0.1) is 0 Å². The highest BCUT2D eigenvalue weighted by atomic mass is 16.2. The maximum Gasteiger partial charge on any atom is 0.253 e. The SMILES string of the molecule is Cc1cc(C)c(CNC(=O)c2cc(-c3ccc(C=O)cc3)ccc2C)c(=O)[nH]1. The lowest BCUT2D eigenvalue weighted by atomic mass is 9.98. The average molecular weight is 374 g/mol. The van der Waals surface area contributed by atoms with Crippen LogP contribution in [0.1, 0.15) is 43.1 Å². The summed E-state index contributed by atoms with van der Waals surface area (Å²) in [6.07, 6.45) is 0.798. The monoisotopic (exact) mass is 374 g/mol. The van der Waals surface area contributed by atoms with Crippen molar-refractivity contribution >= 4 is 12.2 Å². The number of amides is 1. The zero-order valence-electron chi connectivity index (χ0n) is 16.1. The summed E-state index contributed by atoms with van der Waals surface area (Å²) in [5.41, 5.74) is 5.83. The Labute approximate surface area is 163 Å². The third kappa shape index (κ3) is 4.09. The normalized spacial score (nSPS) is 10.5. The molecule has 5 heteroatoms. The topological polar surface area (TPSA) is 79.0 Å². The lowest BCUT2D eigenvalue weighted by Gasteiger charge is -2.11. The van der Waals surface area contributed by atoms with Crippen LogP contribution in [-0.2, 0) is 6.54 Å². The Bertz CT molecular complexity index is 1100. The third-order valence-corrected chi connectivity index (χ3v) is 4.78. The summed E-state index contributed by atoms with van der Waals surface area (Å²) in [6, 6.07) is 14.7. The lowest BCUT2D eigenvalue weighted by molar-refractivity contribution is 0.0950. The van der Waals surface area contributed by atoms with Gasteiger partial charge in [0.2, 0.25) is 0 Å². The molecule has 0 unspecified atom stereocenters. The standard InChI is InChI=1S/C23H22N2O3/c1-14-4-7-19(18-8-5-17(13-26)6-9-18)11-20(14)22(27)24-12-21-15(2)10-16(3)25-23(21)28/h4-11,13H,12H2,1-3H3,(H,24,27)(H,25,28). The predicted octanol–water partition coefficient (Wildman–Crippen LogP) is 3.71. The minimum absolute atomic E-state index is 0.165. The molecule has 142 valence electrons. The molecule has 0 radical (unpaired) electrons. The van der Waals surface area contributed by atoms with Crippen molar-refractivity contribution in [1.82, 2.24) is 10.3 Å². The van der Waals surface area contributed by atoms with E-state index in [1.54, 1.807) is 12.1 Å². The van der Waals surface area contributed by atoms with E-state index < -0.39 is 0 Å². The number of carbonyl (C=O) groups excluding carboxylic acids is 2. The summed E-state index contributed by atoms with van der Waals surface area (Å²) in [5.74, 6) is -0.233. The fourth-order valence-corrected chi connectivity index (χ4v) is 3.17. The van der Waals surface area contributed by atoms with Crippen molar-refractivity contribution in [1.29, 1.82) is 0 Å². The first-order chi connectivity index (χ1) is 13.4. The molecule has 0 aliphatic heterocycles. The fraction of sp³-hybridized carbons (Fsp3) is 0.174. The summed E-state index contributed by atoms with van der Waals surface area (Å²) in [5, 5.41) is 2.85. The summed E-state index contributed by atoms with van der Waals surface area (Å²) in [6.45, 7) is 5.72. The van der Waals surface area contributed by atoms with Gasteiger partial charge in [-0.05, 0) is 55.2 Å². The van der Waals surface area contributed by atoms with Gasteiger partial charge >= 0.3 is 0 Å². The summed E-state index contributed by atoms with van der Waals surface area (Å²) in [7, 11) is 0. The van der Waals surface area contributed by atoms with Gasteiger partial charge in [0, 0.05) is 28.9 Å². The zero-order valence-corrected chi connectivity index (χ0v) is 16.1. The molecule has 3 rings (SSSR count). The van der Waals surface area contributed by atoms with Crippen LogP contribution in [0.2, 0.25) is 0 Å². The Balaban J connectivity index is 1.83. The molecule has 1 heterocycles. The molecule has 0 saturated carbocycles. The van der Waals surface area contributed by atoms with E-state index in [2.05, 4.69) is 10.3 Å². The number of aromatic nitrogens is 1. The van der Waals surface area contributed by atoms with Gasteiger partial charge in [-0.3, -0.25) is 14.4 Å². The van der Waals surface area contributed by atoms with Gasteiger partial charge in [0.15, 0.2) is 0 Å². The number of carbonyl (C=O) groups is 2. The van der Waals surface area contributed by atoms with Crippen LogP contribution in [0.3, 0.4) is 0 Å². The van der Waals surface area contributed by atoms with Gasteiger partial charge in [-0.25, -0.2) is 0 Å². The molecule has 3 aromatic rings. The van der Waals surface area contributed by atoms with Gasteiger partial charge in [0.25, 0.3) is 11.5 Å². The third-order valence-electron chi connectivity index (χ3n) is 4.78. The number of benzene rings is 2. The number of aryl methyl sites for hydroxylation is 3. The van der Waals surface area contributed by atoms with Crippen molar-refractivity contribution in [2.24, 2.45) is 0 Å². The number of nitrogens with one attached hydrogen (secondary N) is 2. The van der Waals surface area contributed by atoms with Crippen molar-refractivity contribution < 1.29 is 9.59 Å². The van der Waals surface area contributed by atoms with Gasteiger partial charge in [0.1, 0.15) is 6.29 Å². The highest BCUT2D eigenvalue weighted by Crippen LogP contribution is 2.23. The molecule has 2 N–H and O–H groups in total.